The van der Waals surface area contributed by atoms with Crippen LogP contribution in [0.1, 0.15) is 6.42 Å². The number of benzene rings is 1. The van der Waals surface area contributed by atoms with Gasteiger partial charge in [0.1, 0.15) is 6.29 Å². The molecule has 0 saturated carbocycles. The highest BCUT2D eigenvalue weighted by Gasteiger charge is 1.98. The van der Waals surface area contributed by atoms with E-state index in [4.69, 9.17) is 0 Å². The van der Waals surface area contributed by atoms with Gasteiger partial charge in [0.05, 0.1) is 0 Å². The Bertz CT molecular complexity index is 275. The van der Waals surface area contributed by atoms with E-state index >= 15 is 0 Å². The summed E-state index contributed by atoms with van der Waals surface area (Å²) in [5.41, 5.74) is 1.12. The van der Waals surface area contributed by atoms with E-state index in [1.165, 1.54) is 4.90 Å². The van der Waals surface area contributed by atoms with Crippen LogP contribution in [0.3, 0.4) is 0 Å². The van der Waals surface area contributed by atoms with Gasteiger partial charge >= 0.3 is 0 Å². The van der Waals surface area contributed by atoms with Crippen LogP contribution in [0.15, 0.2) is 29.2 Å². The fraction of sp³-hybridized carbons (Fsp3) is 0.300. The molecule has 0 spiro atoms. The second-order valence-electron chi connectivity index (χ2n) is 2.55. The van der Waals surface area contributed by atoms with Gasteiger partial charge in [-0.3, -0.25) is 0 Å². The predicted octanol–water partition coefficient (Wildman–Crippen LogP) is 2.41. The van der Waals surface area contributed by atoms with E-state index in [1.54, 1.807) is 11.8 Å². The normalized spacial score (nSPS) is 9.62. The number of thioether (sulfide) groups is 1. The maximum Gasteiger partial charge on any atom is 0.120 e. The molecular weight excluding hydrogens is 182 g/mol. The molecule has 0 atom stereocenters. The van der Waals surface area contributed by atoms with Crippen molar-refractivity contribution in [3.8, 4) is 0 Å². The van der Waals surface area contributed by atoms with E-state index in [9.17, 15) is 4.79 Å². The quantitative estimate of drug-likeness (QED) is 0.444. The number of hydrogen-bond acceptors (Lipinski definition) is 3. The molecule has 0 aliphatic rings. The van der Waals surface area contributed by atoms with Crippen LogP contribution in [0, 0.1) is 0 Å². The van der Waals surface area contributed by atoms with Gasteiger partial charge in [0.2, 0.25) is 0 Å². The van der Waals surface area contributed by atoms with Crippen LogP contribution < -0.4 is 5.32 Å². The molecule has 0 aromatic heterocycles. The summed E-state index contributed by atoms with van der Waals surface area (Å²) in [5, 5.41) is 3.11. The Kier molecular flexibility index (Phi) is 4.40. The molecule has 0 heterocycles. The molecule has 1 N–H and O–H groups in total. The highest BCUT2D eigenvalue weighted by atomic mass is 32.2. The van der Waals surface area contributed by atoms with Gasteiger partial charge in [-0.05, 0) is 12.1 Å². The number of nitrogens with one attached hydrogen (secondary N) is 1. The first-order chi connectivity index (χ1) is 6.38. The van der Waals surface area contributed by atoms with Crippen LogP contribution in [0.5, 0.6) is 0 Å². The number of carbonyl (C=O) groups excluding carboxylic acids is 1. The Hall–Kier alpha value is -0.960. The highest BCUT2D eigenvalue weighted by molar-refractivity contribution is 7.99. The van der Waals surface area contributed by atoms with Crippen LogP contribution in [-0.4, -0.2) is 19.1 Å². The number of carbonyl (C=O) groups is 1. The largest absolute Gasteiger partial charge is 0.387 e. The Morgan fingerprint density at radius 2 is 2.23 bits per heavy atom. The van der Waals surface area contributed by atoms with Gasteiger partial charge in [-0.25, -0.2) is 0 Å². The van der Waals surface area contributed by atoms with Crippen molar-refractivity contribution in [1.82, 2.24) is 0 Å². The van der Waals surface area contributed by atoms with E-state index in [0.717, 1.165) is 17.7 Å². The molecule has 1 aromatic carbocycles. The van der Waals surface area contributed by atoms with Crippen molar-refractivity contribution in [3.05, 3.63) is 24.3 Å². The van der Waals surface area contributed by atoms with Crippen molar-refractivity contribution in [3.63, 3.8) is 0 Å². The average Bonchev–Trinajstić information content (AvgIpc) is 2.19. The highest BCUT2D eigenvalue weighted by Crippen LogP contribution is 2.26. The average molecular weight is 195 g/mol. The number of aldehydes is 1. The van der Waals surface area contributed by atoms with Crippen LogP contribution in [0.25, 0.3) is 0 Å². The Labute approximate surface area is 82.7 Å². The maximum atomic E-state index is 10.1. The van der Waals surface area contributed by atoms with Crippen molar-refractivity contribution in [2.45, 2.75) is 11.3 Å². The molecule has 3 heteroatoms. The zero-order valence-electron chi connectivity index (χ0n) is 7.62. The van der Waals surface area contributed by atoms with Gasteiger partial charge in [0, 0.05) is 29.8 Å². The second kappa shape index (κ2) is 5.65. The third-order valence-electron chi connectivity index (χ3n) is 1.65. The zero-order valence-corrected chi connectivity index (χ0v) is 8.43. The Morgan fingerprint density at radius 3 is 2.92 bits per heavy atom. The second-order valence-corrected chi connectivity index (χ2v) is 3.69. The molecule has 1 aromatic rings. The smallest absolute Gasteiger partial charge is 0.120 e. The van der Waals surface area contributed by atoms with Gasteiger partial charge in [0.15, 0.2) is 0 Å². The van der Waals surface area contributed by atoms with Crippen molar-refractivity contribution >= 4 is 23.7 Å². The summed E-state index contributed by atoms with van der Waals surface area (Å²) in [4.78, 5) is 11.3. The molecule has 0 amide bonds. The molecule has 0 bridgehead atoms. The molecule has 0 aliphatic heterocycles. The topological polar surface area (TPSA) is 29.1 Å². The third kappa shape index (κ3) is 3.11. The van der Waals surface area contributed by atoms with Gasteiger partial charge in [-0.2, -0.15) is 0 Å². The fourth-order valence-electron chi connectivity index (χ4n) is 1.02. The van der Waals surface area contributed by atoms with Gasteiger partial charge in [-0.15, -0.1) is 11.8 Å². The van der Waals surface area contributed by atoms with Crippen LogP contribution in [0.2, 0.25) is 0 Å². The summed E-state index contributed by atoms with van der Waals surface area (Å²) in [6.45, 7) is 0. The van der Waals surface area contributed by atoms with E-state index in [1.807, 2.05) is 25.2 Å². The maximum absolute atomic E-state index is 10.1. The third-order valence-corrected chi connectivity index (χ3v) is 2.76. The predicted molar refractivity (Wildman–Crippen MR) is 57.4 cm³/mol. The monoisotopic (exact) mass is 195 g/mol. The van der Waals surface area contributed by atoms with Gasteiger partial charge < -0.3 is 10.1 Å². The number of hydrogen-bond donors (Lipinski definition) is 1. The standard InChI is InChI=1S/C10H13NOS/c1-11-9-5-2-3-6-10(9)13-8-4-7-12/h2-3,5-7,11H,4,8H2,1H3. The summed E-state index contributed by atoms with van der Waals surface area (Å²) in [7, 11) is 1.90. The molecule has 1 rings (SSSR count). The lowest BCUT2D eigenvalue weighted by Gasteiger charge is -2.06. The molecule has 0 unspecified atom stereocenters. The molecule has 13 heavy (non-hydrogen) atoms. The van der Waals surface area contributed by atoms with Crippen molar-refractivity contribution < 1.29 is 4.79 Å². The van der Waals surface area contributed by atoms with Crippen LogP contribution in [0.4, 0.5) is 5.69 Å². The summed E-state index contributed by atoms with van der Waals surface area (Å²) in [6, 6.07) is 8.09. The van der Waals surface area contributed by atoms with Crippen molar-refractivity contribution in [2.75, 3.05) is 18.1 Å². The van der Waals surface area contributed by atoms with Crippen molar-refractivity contribution in [1.29, 1.82) is 0 Å². The molecule has 0 saturated heterocycles. The molecule has 0 radical (unpaired) electrons. The lowest BCUT2D eigenvalue weighted by atomic mass is 10.3. The van der Waals surface area contributed by atoms with E-state index in [0.29, 0.717) is 6.42 Å². The number of para-hydroxylation sites is 1. The van der Waals surface area contributed by atoms with Gasteiger partial charge in [0.25, 0.3) is 0 Å². The Balaban J connectivity index is 2.58. The van der Waals surface area contributed by atoms with E-state index < -0.39 is 0 Å². The molecule has 70 valence electrons. The lowest BCUT2D eigenvalue weighted by molar-refractivity contribution is -0.107. The first-order valence-electron chi connectivity index (χ1n) is 4.21. The van der Waals surface area contributed by atoms with E-state index in [-0.39, 0.29) is 0 Å². The first kappa shape index (κ1) is 10.1. The lowest BCUT2D eigenvalue weighted by Crippen LogP contribution is -1.90. The summed E-state index contributed by atoms with van der Waals surface area (Å²) in [6.07, 6.45) is 1.57. The summed E-state index contributed by atoms with van der Waals surface area (Å²) in [5.74, 6) is 0.849. The SMILES string of the molecule is CNc1ccccc1SCCC=O. The molecule has 0 aliphatic carbocycles. The minimum Gasteiger partial charge on any atom is -0.387 e. The number of anilines is 1. The summed E-state index contributed by atoms with van der Waals surface area (Å²) < 4.78 is 0. The van der Waals surface area contributed by atoms with E-state index in [2.05, 4.69) is 11.4 Å². The van der Waals surface area contributed by atoms with Crippen LogP contribution >= 0.6 is 11.8 Å². The van der Waals surface area contributed by atoms with Crippen molar-refractivity contribution in [2.24, 2.45) is 0 Å². The minimum absolute atomic E-state index is 0.614. The molecule has 0 fully saturated rings. The van der Waals surface area contributed by atoms with Gasteiger partial charge in [-0.1, -0.05) is 12.1 Å². The molecule has 2 nitrogen and oxygen atoms in total. The first-order valence-corrected chi connectivity index (χ1v) is 5.20. The summed E-state index contributed by atoms with van der Waals surface area (Å²) >= 11 is 1.70. The minimum atomic E-state index is 0.614. The zero-order chi connectivity index (χ0) is 9.52. The van der Waals surface area contributed by atoms with Crippen LogP contribution in [-0.2, 0) is 4.79 Å². The fourth-order valence-corrected chi connectivity index (χ4v) is 1.95. The molecular formula is C10H13NOS. The Morgan fingerprint density at radius 1 is 1.46 bits per heavy atom. The number of rotatable bonds is 5.